The van der Waals surface area contributed by atoms with Crippen LogP contribution >= 0.6 is 0 Å². The lowest BCUT2D eigenvalue weighted by Gasteiger charge is -2.24. The molecule has 0 spiro atoms. The normalized spacial score (nSPS) is 29.0. The minimum absolute atomic E-state index is 0.118. The van der Waals surface area contributed by atoms with Gasteiger partial charge in [-0.3, -0.25) is 4.90 Å². The summed E-state index contributed by atoms with van der Waals surface area (Å²) >= 11 is 0. The van der Waals surface area contributed by atoms with Crippen LogP contribution in [0.25, 0.3) is 0 Å². The summed E-state index contributed by atoms with van der Waals surface area (Å²) in [7, 11) is 0. The van der Waals surface area contributed by atoms with Crippen molar-refractivity contribution < 1.29 is 14.6 Å². The number of fused-ring (bicyclic) bond motifs is 1. The largest absolute Gasteiger partial charge is 0.443 e. The van der Waals surface area contributed by atoms with Crippen molar-refractivity contribution in [2.45, 2.75) is 38.5 Å². The van der Waals surface area contributed by atoms with Gasteiger partial charge in [0, 0.05) is 12.2 Å². The van der Waals surface area contributed by atoms with Gasteiger partial charge in [0.15, 0.2) is 0 Å². The first-order valence-electron chi connectivity index (χ1n) is 5.50. The van der Waals surface area contributed by atoms with Gasteiger partial charge in [0.05, 0.1) is 18.7 Å². The molecule has 90 valence electrons. The van der Waals surface area contributed by atoms with E-state index in [1.54, 1.807) is 0 Å². The lowest BCUT2D eigenvalue weighted by Crippen LogP contribution is -2.35. The second-order valence-electron chi connectivity index (χ2n) is 5.17. The maximum atomic E-state index is 11.9. The van der Waals surface area contributed by atoms with Crippen molar-refractivity contribution in [3.8, 4) is 0 Å². The quantitative estimate of drug-likeness (QED) is 0.629. The number of β-amino-alcohol motifs (C(OH)–C–C–N with tert-alkyl or cyclic N) is 1. The van der Waals surface area contributed by atoms with Crippen molar-refractivity contribution in [3.63, 3.8) is 0 Å². The van der Waals surface area contributed by atoms with E-state index in [9.17, 15) is 9.90 Å². The second kappa shape index (κ2) is 3.75. The van der Waals surface area contributed by atoms with Crippen molar-refractivity contribution in [2.75, 3.05) is 13.1 Å². The molecule has 1 fully saturated rings. The van der Waals surface area contributed by atoms with Crippen LogP contribution in [0.15, 0.2) is 11.8 Å². The van der Waals surface area contributed by atoms with Crippen molar-refractivity contribution in [2.24, 2.45) is 0 Å². The molecule has 5 heteroatoms. The highest BCUT2D eigenvalue weighted by atomic mass is 16.6. The number of aliphatic hydroxyl groups excluding tert-OH is 1. The third-order valence-electron chi connectivity index (χ3n) is 2.65. The van der Waals surface area contributed by atoms with E-state index in [-0.39, 0.29) is 12.1 Å². The summed E-state index contributed by atoms with van der Waals surface area (Å²) in [6.07, 6.45) is 0.996. The molecular formula is C11H18N2O3. The van der Waals surface area contributed by atoms with Crippen molar-refractivity contribution in [3.05, 3.63) is 11.8 Å². The maximum Gasteiger partial charge on any atom is 0.414 e. The standard InChI is InChI=1S/C11H18N2O3/c1-11(2,3)16-10(15)13-6-8(14)9-7(13)4-5-12-9/h4,8-9,12,14H,5-6H2,1-3H3/t8-,9-/m0/s1. The molecule has 0 saturated carbocycles. The molecule has 1 saturated heterocycles. The van der Waals surface area contributed by atoms with Gasteiger partial charge in [-0.25, -0.2) is 4.79 Å². The first-order valence-corrected chi connectivity index (χ1v) is 5.50. The van der Waals surface area contributed by atoms with Crippen molar-refractivity contribution in [1.82, 2.24) is 10.2 Å². The zero-order chi connectivity index (χ0) is 11.9. The highest BCUT2D eigenvalue weighted by Gasteiger charge is 2.42. The molecule has 2 atom stereocenters. The predicted octanol–water partition coefficient (Wildman–Crippen LogP) is 0.454. The molecule has 0 radical (unpaired) electrons. The van der Waals surface area contributed by atoms with Gasteiger partial charge in [-0.15, -0.1) is 0 Å². The Hall–Kier alpha value is -1.07. The Bertz CT molecular complexity index is 333. The minimum Gasteiger partial charge on any atom is -0.443 e. The average Bonchev–Trinajstić information content (AvgIpc) is 2.66. The van der Waals surface area contributed by atoms with Crippen LogP contribution < -0.4 is 5.32 Å². The summed E-state index contributed by atoms with van der Waals surface area (Å²) in [5.74, 6) is 0. The summed E-state index contributed by atoms with van der Waals surface area (Å²) in [6, 6.07) is -0.118. The fraction of sp³-hybridized carbons (Fsp3) is 0.727. The van der Waals surface area contributed by atoms with E-state index in [0.29, 0.717) is 13.1 Å². The molecule has 16 heavy (non-hydrogen) atoms. The monoisotopic (exact) mass is 226 g/mol. The van der Waals surface area contributed by atoms with Gasteiger partial charge in [0.1, 0.15) is 5.60 Å². The molecule has 0 aromatic carbocycles. The number of carbonyl (C=O) groups excluding carboxylic acids is 1. The van der Waals surface area contributed by atoms with Gasteiger partial charge in [0.2, 0.25) is 0 Å². The van der Waals surface area contributed by atoms with Gasteiger partial charge >= 0.3 is 6.09 Å². The fourth-order valence-electron chi connectivity index (χ4n) is 2.03. The van der Waals surface area contributed by atoms with Crippen LogP contribution in [0.3, 0.4) is 0 Å². The number of carbonyl (C=O) groups is 1. The number of hydrogen-bond acceptors (Lipinski definition) is 4. The van der Waals surface area contributed by atoms with Crippen molar-refractivity contribution >= 4 is 6.09 Å². The van der Waals surface area contributed by atoms with Gasteiger partial charge < -0.3 is 15.2 Å². The minimum atomic E-state index is -0.540. The van der Waals surface area contributed by atoms with Crippen LogP contribution in [0, 0.1) is 0 Å². The lowest BCUT2D eigenvalue weighted by molar-refractivity contribution is 0.0307. The fourth-order valence-corrected chi connectivity index (χ4v) is 2.03. The third-order valence-corrected chi connectivity index (χ3v) is 2.65. The predicted molar refractivity (Wildman–Crippen MR) is 58.8 cm³/mol. The highest BCUT2D eigenvalue weighted by molar-refractivity contribution is 5.72. The summed E-state index contributed by atoms with van der Waals surface area (Å²) in [5.41, 5.74) is 0.328. The number of hydrogen-bond donors (Lipinski definition) is 2. The SMILES string of the molecule is CC(C)(C)OC(=O)N1C[C@H](O)[C@H]2NCC=C21. The van der Waals surface area contributed by atoms with E-state index >= 15 is 0 Å². The molecule has 0 aliphatic carbocycles. The third kappa shape index (κ3) is 2.05. The van der Waals surface area contributed by atoms with E-state index < -0.39 is 11.7 Å². The molecule has 0 aromatic rings. The molecule has 2 N–H and O–H groups in total. The molecule has 2 rings (SSSR count). The van der Waals surface area contributed by atoms with Crippen LogP contribution in [0.4, 0.5) is 4.79 Å². The summed E-state index contributed by atoms with van der Waals surface area (Å²) in [5, 5.41) is 12.9. The molecule has 0 unspecified atom stereocenters. The van der Waals surface area contributed by atoms with E-state index in [2.05, 4.69) is 5.32 Å². The van der Waals surface area contributed by atoms with Gasteiger partial charge in [-0.1, -0.05) is 0 Å². The van der Waals surface area contributed by atoms with Gasteiger partial charge in [-0.05, 0) is 26.8 Å². The topological polar surface area (TPSA) is 61.8 Å². The number of aliphatic hydroxyl groups is 1. The Labute approximate surface area is 95.1 Å². The van der Waals surface area contributed by atoms with Gasteiger partial charge in [0.25, 0.3) is 0 Å². The van der Waals surface area contributed by atoms with E-state index in [1.807, 2.05) is 26.8 Å². The molecule has 2 heterocycles. The molecule has 1 amide bonds. The van der Waals surface area contributed by atoms with E-state index in [4.69, 9.17) is 4.74 Å². The zero-order valence-corrected chi connectivity index (χ0v) is 9.86. The van der Waals surface area contributed by atoms with Crippen molar-refractivity contribution in [1.29, 1.82) is 0 Å². The molecule has 5 nitrogen and oxygen atoms in total. The Morgan fingerprint density at radius 1 is 1.62 bits per heavy atom. The number of ether oxygens (including phenoxy) is 1. The van der Waals surface area contributed by atoms with E-state index in [0.717, 1.165) is 5.70 Å². The summed E-state index contributed by atoms with van der Waals surface area (Å²) in [6.45, 7) is 6.48. The van der Waals surface area contributed by atoms with E-state index in [1.165, 1.54) is 4.90 Å². The smallest absolute Gasteiger partial charge is 0.414 e. The Kier molecular flexibility index (Phi) is 2.67. The van der Waals surface area contributed by atoms with Crippen LogP contribution in [0.5, 0.6) is 0 Å². The number of nitrogens with one attached hydrogen (secondary N) is 1. The van der Waals surface area contributed by atoms with Crippen LogP contribution in [-0.2, 0) is 4.74 Å². The number of nitrogens with zero attached hydrogens (tertiary/aromatic N) is 1. The Morgan fingerprint density at radius 2 is 2.31 bits per heavy atom. The number of rotatable bonds is 0. The second-order valence-corrected chi connectivity index (χ2v) is 5.17. The Morgan fingerprint density at radius 3 is 2.94 bits per heavy atom. The van der Waals surface area contributed by atoms with Crippen LogP contribution in [0.1, 0.15) is 20.8 Å². The lowest BCUT2D eigenvalue weighted by atomic mass is 10.2. The number of amides is 1. The molecule has 2 aliphatic rings. The molecule has 0 aromatic heterocycles. The molecular weight excluding hydrogens is 208 g/mol. The number of likely N-dealkylation sites (tertiary alicyclic amines) is 1. The first-order chi connectivity index (χ1) is 7.38. The van der Waals surface area contributed by atoms with Gasteiger partial charge in [-0.2, -0.15) is 0 Å². The zero-order valence-electron chi connectivity index (χ0n) is 9.86. The molecule has 0 bridgehead atoms. The van der Waals surface area contributed by atoms with Crippen LogP contribution in [-0.4, -0.2) is 46.9 Å². The maximum absolute atomic E-state index is 11.9. The first kappa shape index (κ1) is 11.4. The highest BCUT2D eigenvalue weighted by Crippen LogP contribution is 2.27. The van der Waals surface area contributed by atoms with Crippen LogP contribution in [0.2, 0.25) is 0 Å². The summed E-state index contributed by atoms with van der Waals surface area (Å²) < 4.78 is 5.29. The molecule has 2 aliphatic heterocycles. The Balaban J connectivity index is 2.08. The summed E-state index contributed by atoms with van der Waals surface area (Å²) in [4.78, 5) is 13.4. The average molecular weight is 226 g/mol.